The number of urea groups is 1. The molecule has 1 aromatic rings. The molecule has 1 aromatic carbocycles. The number of carbonyl (C=O) groups is 3. The van der Waals surface area contributed by atoms with Crippen LogP contribution in [-0.4, -0.2) is 47.0 Å². The highest BCUT2D eigenvalue weighted by molar-refractivity contribution is 5.95. The number of carboxylic acids is 1. The number of carboxylic acid groups (broad SMARTS) is 1. The summed E-state index contributed by atoms with van der Waals surface area (Å²) in [4.78, 5) is 36.1. The monoisotopic (exact) mass is 291 g/mol. The molecule has 1 fully saturated rings. The predicted octanol–water partition coefficient (Wildman–Crippen LogP) is 1.05. The Balaban J connectivity index is 2.11. The Kier molecular flexibility index (Phi) is 4.11. The van der Waals surface area contributed by atoms with E-state index >= 15 is 0 Å². The Morgan fingerprint density at radius 2 is 2.14 bits per heavy atom. The molecule has 3 amide bonds. The van der Waals surface area contributed by atoms with Crippen molar-refractivity contribution in [3.63, 3.8) is 0 Å². The van der Waals surface area contributed by atoms with Gasteiger partial charge in [-0.15, -0.1) is 0 Å². The van der Waals surface area contributed by atoms with Gasteiger partial charge < -0.3 is 20.6 Å². The number of nitrogens with zero attached hydrogens (tertiary/aromatic N) is 1. The lowest BCUT2D eigenvalue weighted by Gasteiger charge is -2.32. The van der Waals surface area contributed by atoms with Gasteiger partial charge in [-0.25, -0.2) is 9.59 Å². The molecule has 1 unspecified atom stereocenters. The van der Waals surface area contributed by atoms with E-state index in [4.69, 9.17) is 5.11 Å². The molecule has 112 valence electrons. The van der Waals surface area contributed by atoms with Gasteiger partial charge in [0.2, 0.25) is 5.91 Å². The maximum atomic E-state index is 12.2. The van der Waals surface area contributed by atoms with Gasteiger partial charge in [-0.3, -0.25) is 4.79 Å². The minimum Gasteiger partial charge on any atom is -0.478 e. The highest BCUT2D eigenvalue weighted by Gasteiger charge is 2.29. The van der Waals surface area contributed by atoms with Crippen molar-refractivity contribution in [3.8, 4) is 0 Å². The number of hydrogen-bond acceptors (Lipinski definition) is 3. The highest BCUT2D eigenvalue weighted by atomic mass is 16.4. The molecule has 2 rings (SSSR count). The van der Waals surface area contributed by atoms with E-state index in [0.29, 0.717) is 24.3 Å². The number of rotatable bonds is 2. The quantitative estimate of drug-likeness (QED) is 0.758. The average molecular weight is 291 g/mol. The molecular formula is C14H17N3O4. The number of aryl methyl sites for hydroxylation is 1. The second-order valence-corrected chi connectivity index (χ2v) is 4.93. The van der Waals surface area contributed by atoms with Crippen molar-refractivity contribution < 1.29 is 19.5 Å². The van der Waals surface area contributed by atoms with Crippen LogP contribution < -0.4 is 10.6 Å². The first kappa shape index (κ1) is 14.8. The van der Waals surface area contributed by atoms with Gasteiger partial charge in [0.1, 0.15) is 6.04 Å². The van der Waals surface area contributed by atoms with Gasteiger partial charge in [0.15, 0.2) is 0 Å². The van der Waals surface area contributed by atoms with E-state index < -0.39 is 12.0 Å². The first-order valence-corrected chi connectivity index (χ1v) is 6.59. The van der Waals surface area contributed by atoms with Crippen LogP contribution in [0, 0.1) is 6.92 Å². The molecule has 0 aromatic heterocycles. The van der Waals surface area contributed by atoms with Crippen LogP contribution in [0.15, 0.2) is 18.2 Å². The molecule has 0 bridgehead atoms. The topological polar surface area (TPSA) is 98.7 Å². The molecule has 1 aliphatic heterocycles. The van der Waals surface area contributed by atoms with Gasteiger partial charge in [0.05, 0.1) is 5.56 Å². The SMILES string of the molecule is Cc1cc(NC(=O)N2CCNC(=O)C2C)ccc1C(=O)O. The van der Waals surface area contributed by atoms with Crippen molar-refractivity contribution >= 4 is 23.6 Å². The zero-order valence-corrected chi connectivity index (χ0v) is 11.8. The molecule has 0 radical (unpaired) electrons. The smallest absolute Gasteiger partial charge is 0.335 e. The van der Waals surface area contributed by atoms with Gasteiger partial charge in [0.25, 0.3) is 0 Å². The molecule has 1 saturated heterocycles. The zero-order chi connectivity index (χ0) is 15.6. The molecule has 0 saturated carbocycles. The number of carbonyl (C=O) groups excluding carboxylic acids is 2. The average Bonchev–Trinajstić information content (AvgIpc) is 2.41. The van der Waals surface area contributed by atoms with Crippen LogP contribution in [0.4, 0.5) is 10.5 Å². The molecule has 1 heterocycles. The number of aromatic carboxylic acids is 1. The summed E-state index contributed by atoms with van der Waals surface area (Å²) in [5, 5.41) is 14.3. The number of anilines is 1. The number of hydrogen-bond donors (Lipinski definition) is 3. The van der Waals surface area contributed by atoms with Crippen molar-refractivity contribution in [1.82, 2.24) is 10.2 Å². The van der Waals surface area contributed by atoms with Crippen LogP contribution in [-0.2, 0) is 4.79 Å². The van der Waals surface area contributed by atoms with Gasteiger partial charge in [-0.1, -0.05) is 0 Å². The Bertz CT molecular complexity index is 600. The summed E-state index contributed by atoms with van der Waals surface area (Å²) in [5.74, 6) is -1.19. The summed E-state index contributed by atoms with van der Waals surface area (Å²) in [7, 11) is 0. The van der Waals surface area contributed by atoms with E-state index in [0.717, 1.165) is 0 Å². The van der Waals surface area contributed by atoms with Crippen LogP contribution in [0.25, 0.3) is 0 Å². The van der Waals surface area contributed by atoms with E-state index in [9.17, 15) is 14.4 Å². The van der Waals surface area contributed by atoms with Crippen LogP contribution in [0.3, 0.4) is 0 Å². The lowest BCUT2D eigenvalue weighted by molar-refractivity contribution is -0.126. The zero-order valence-electron chi connectivity index (χ0n) is 11.8. The van der Waals surface area contributed by atoms with Crippen LogP contribution >= 0.6 is 0 Å². The Labute approximate surface area is 121 Å². The normalized spacial score (nSPS) is 18.1. The van der Waals surface area contributed by atoms with Crippen LogP contribution in [0.2, 0.25) is 0 Å². The van der Waals surface area contributed by atoms with Crippen molar-refractivity contribution in [2.45, 2.75) is 19.9 Å². The lowest BCUT2D eigenvalue weighted by atomic mass is 10.1. The number of nitrogens with one attached hydrogen (secondary N) is 2. The van der Waals surface area contributed by atoms with Crippen molar-refractivity contribution in [2.24, 2.45) is 0 Å². The summed E-state index contributed by atoms with van der Waals surface area (Å²) < 4.78 is 0. The fraction of sp³-hybridized carbons (Fsp3) is 0.357. The third-order valence-corrected chi connectivity index (χ3v) is 3.47. The number of benzene rings is 1. The first-order chi connectivity index (χ1) is 9.90. The summed E-state index contributed by atoms with van der Waals surface area (Å²) >= 11 is 0. The Hall–Kier alpha value is -2.57. The standard InChI is InChI=1S/C14H17N3O4/c1-8-7-10(3-4-11(8)13(19)20)16-14(21)17-6-5-15-12(18)9(17)2/h3-4,7,9H,5-6H2,1-2H3,(H,15,18)(H,16,21)(H,19,20). The molecule has 7 nitrogen and oxygen atoms in total. The minimum absolute atomic E-state index is 0.186. The molecule has 3 N–H and O–H groups in total. The fourth-order valence-corrected chi connectivity index (χ4v) is 2.24. The summed E-state index contributed by atoms with van der Waals surface area (Å²) in [6, 6.07) is 3.66. The van der Waals surface area contributed by atoms with Crippen molar-refractivity contribution in [1.29, 1.82) is 0 Å². The molecule has 21 heavy (non-hydrogen) atoms. The molecule has 7 heteroatoms. The van der Waals surface area contributed by atoms with E-state index in [1.54, 1.807) is 19.9 Å². The lowest BCUT2D eigenvalue weighted by Crippen LogP contribution is -2.56. The van der Waals surface area contributed by atoms with E-state index in [1.165, 1.54) is 17.0 Å². The van der Waals surface area contributed by atoms with Crippen molar-refractivity contribution in [2.75, 3.05) is 18.4 Å². The third kappa shape index (κ3) is 3.13. The van der Waals surface area contributed by atoms with E-state index in [2.05, 4.69) is 10.6 Å². The van der Waals surface area contributed by atoms with Gasteiger partial charge in [-0.05, 0) is 37.6 Å². The van der Waals surface area contributed by atoms with E-state index in [1.807, 2.05) is 0 Å². The maximum Gasteiger partial charge on any atom is 0.335 e. The van der Waals surface area contributed by atoms with Gasteiger partial charge >= 0.3 is 12.0 Å². The predicted molar refractivity (Wildman–Crippen MR) is 76.3 cm³/mol. The summed E-state index contributed by atoms with van der Waals surface area (Å²) in [6.07, 6.45) is 0. The van der Waals surface area contributed by atoms with Gasteiger partial charge in [-0.2, -0.15) is 0 Å². The minimum atomic E-state index is -1.01. The Morgan fingerprint density at radius 1 is 1.43 bits per heavy atom. The molecule has 1 aliphatic rings. The largest absolute Gasteiger partial charge is 0.478 e. The first-order valence-electron chi connectivity index (χ1n) is 6.59. The van der Waals surface area contributed by atoms with Gasteiger partial charge in [0, 0.05) is 18.8 Å². The van der Waals surface area contributed by atoms with Crippen molar-refractivity contribution in [3.05, 3.63) is 29.3 Å². The number of amides is 3. The summed E-state index contributed by atoms with van der Waals surface area (Å²) in [5.41, 5.74) is 1.25. The maximum absolute atomic E-state index is 12.2. The van der Waals surface area contributed by atoms with E-state index in [-0.39, 0.29) is 17.5 Å². The second kappa shape index (κ2) is 5.82. The third-order valence-electron chi connectivity index (χ3n) is 3.47. The van der Waals surface area contributed by atoms with Crippen LogP contribution in [0.1, 0.15) is 22.8 Å². The molecule has 1 atom stereocenters. The fourth-order valence-electron chi connectivity index (χ4n) is 2.24. The Morgan fingerprint density at radius 3 is 2.76 bits per heavy atom. The second-order valence-electron chi connectivity index (χ2n) is 4.93. The molecular weight excluding hydrogens is 274 g/mol. The number of piperazine rings is 1. The highest BCUT2D eigenvalue weighted by Crippen LogP contribution is 2.16. The summed E-state index contributed by atoms with van der Waals surface area (Å²) in [6.45, 7) is 4.18. The molecule has 0 spiro atoms. The van der Waals surface area contributed by atoms with Crippen LogP contribution in [0.5, 0.6) is 0 Å². The molecule has 0 aliphatic carbocycles.